The number of fused-ring (bicyclic) bond motifs is 2. The number of amides is 1. The number of carbonyl (C=O) groups is 1. The number of aryl methyl sites for hydroxylation is 3. The molecule has 0 aliphatic heterocycles. The number of anilines is 1. The van der Waals surface area contributed by atoms with Gasteiger partial charge in [-0.15, -0.1) is 0 Å². The van der Waals surface area contributed by atoms with Gasteiger partial charge in [0.05, 0.1) is 18.1 Å². The molecule has 0 saturated carbocycles. The number of pyridine rings is 1. The molecule has 162 valence electrons. The zero-order valence-corrected chi connectivity index (χ0v) is 18.4. The minimum absolute atomic E-state index is 0.00418. The average Bonchev–Trinajstić information content (AvgIpc) is 3.38. The lowest BCUT2D eigenvalue weighted by Gasteiger charge is -2.12. The molecule has 33 heavy (non-hydrogen) atoms. The Morgan fingerprint density at radius 1 is 1.12 bits per heavy atom. The van der Waals surface area contributed by atoms with Gasteiger partial charge in [0.2, 0.25) is 5.91 Å². The molecule has 0 aliphatic carbocycles. The summed E-state index contributed by atoms with van der Waals surface area (Å²) >= 11 is 0. The summed E-state index contributed by atoms with van der Waals surface area (Å²) in [5.74, 6) is 0.457. The molecule has 0 fully saturated rings. The summed E-state index contributed by atoms with van der Waals surface area (Å²) in [7, 11) is 0. The maximum absolute atomic E-state index is 12.9. The fourth-order valence-corrected chi connectivity index (χ4v) is 3.93. The van der Waals surface area contributed by atoms with Gasteiger partial charge in [0.1, 0.15) is 17.3 Å². The number of carbonyl (C=O) groups excluding carboxylic acids is 1. The predicted molar refractivity (Wildman–Crippen MR) is 124 cm³/mol. The van der Waals surface area contributed by atoms with E-state index >= 15 is 0 Å². The Morgan fingerprint density at radius 2 is 1.97 bits per heavy atom. The zero-order valence-electron chi connectivity index (χ0n) is 18.4. The third-order valence-corrected chi connectivity index (χ3v) is 5.63. The third kappa shape index (κ3) is 3.59. The number of nitriles is 1. The summed E-state index contributed by atoms with van der Waals surface area (Å²) in [5, 5.41) is 22.6. The first kappa shape index (κ1) is 20.4. The van der Waals surface area contributed by atoms with Crippen LogP contribution in [0.1, 0.15) is 27.9 Å². The van der Waals surface area contributed by atoms with Crippen LogP contribution < -0.4 is 5.32 Å². The number of hydrogen-bond donors (Lipinski definition) is 1. The second-order valence-electron chi connectivity index (χ2n) is 8.05. The Labute approximate surface area is 189 Å². The van der Waals surface area contributed by atoms with E-state index in [9.17, 15) is 10.1 Å². The molecular formula is C25H20N6O2. The van der Waals surface area contributed by atoms with Crippen LogP contribution in [0.2, 0.25) is 0 Å². The number of hydrogen-bond acceptors (Lipinski definition) is 6. The molecule has 0 saturated heterocycles. The lowest BCUT2D eigenvalue weighted by molar-refractivity contribution is -0.115. The highest BCUT2D eigenvalue weighted by Gasteiger charge is 2.19. The van der Waals surface area contributed by atoms with Crippen LogP contribution in [0, 0.1) is 32.1 Å². The molecule has 1 amide bonds. The standard InChI is InChI=1S/C25H20N6O2/c1-14-7-8-21-19(9-14)20(30-33-21)11-23(32)29-25-17(12-26)13-27-31(25)22-10-16(3)18-6-4-5-15(2)24(18)28-22/h4-10,13H,11H2,1-3H3,(H,29,32). The van der Waals surface area contributed by atoms with E-state index in [0.29, 0.717) is 17.1 Å². The normalized spacial score (nSPS) is 11.1. The highest BCUT2D eigenvalue weighted by Crippen LogP contribution is 2.26. The minimum atomic E-state index is -0.335. The molecule has 5 rings (SSSR count). The summed E-state index contributed by atoms with van der Waals surface area (Å²) in [6.45, 7) is 5.96. The van der Waals surface area contributed by atoms with Crippen molar-refractivity contribution in [1.29, 1.82) is 5.26 Å². The van der Waals surface area contributed by atoms with Crippen LogP contribution in [0.3, 0.4) is 0 Å². The highest BCUT2D eigenvalue weighted by molar-refractivity contribution is 5.95. The molecule has 5 aromatic rings. The molecule has 1 N–H and O–H groups in total. The van der Waals surface area contributed by atoms with Gasteiger partial charge in [-0.2, -0.15) is 15.0 Å². The Balaban J connectivity index is 1.51. The van der Waals surface area contributed by atoms with E-state index in [4.69, 9.17) is 9.51 Å². The summed E-state index contributed by atoms with van der Waals surface area (Å²) < 4.78 is 6.82. The Hall–Kier alpha value is -4.51. The molecule has 3 aromatic heterocycles. The van der Waals surface area contributed by atoms with Crippen molar-refractivity contribution in [3.8, 4) is 11.9 Å². The van der Waals surface area contributed by atoms with Gasteiger partial charge in [-0.25, -0.2) is 4.98 Å². The molecule has 2 aromatic carbocycles. The van der Waals surface area contributed by atoms with Gasteiger partial charge in [0, 0.05) is 10.8 Å². The van der Waals surface area contributed by atoms with Gasteiger partial charge in [-0.05, 0) is 50.1 Å². The molecular weight excluding hydrogens is 416 g/mol. The molecule has 0 spiro atoms. The SMILES string of the molecule is Cc1ccc2onc(CC(=O)Nc3c(C#N)cnn3-c3cc(C)c4cccc(C)c4n3)c2c1. The van der Waals surface area contributed by atoms with E-state index in [1.165, 1.54) is 10.9 Å². The summed E-state index contributed by atoms with van der Waals surface area (Å²) in [4.78, 5) is 17.7. The average molecular weight is 436 g/mol. The molecule has 0 atom stereocenters. The lowest BCUT2D eigenvalue weighted by atomic mass is 10.1. The highest BCUT2D eigenvalue weighted by atomic mass is 16.5. The lowest BCUT2D eigenvalue weighted by Crippen LogP contribution is -2.18. The summed E-state index contributed by atoms with van der Waals surface area (Å²) in [6, 6.07) is 15.7. The second kappa shape index (κ2) is 7.88. The van der Waals surface area contributed by atoms with Crippen molar-refractivity contribution in [2.24, 2.45) is 0 Å². The zero-order chi connectivity index (χ0) is 23.1. The molecule has 8 heteroatoms. The number of nitrogens with zero attached hydrogens (tertiary/aromatic N) is 5. The van der Waals surface area contributed by atoms with Crippen LogP contribution >= 0.6 is 0 Å². The third-order valence-electron chi connectivity index (χ3n) is 5.63. The number of para-hydroxylation sites is 1. The largest absolute Gasteiger partial charge is 0.356 e. The topological polar surface area (TPSA) is 110 Å². The van der Waals surface area contributed by atoms with E-state index in [1.807, 2.05) is 63.2 Å². The monoisotopic (exact) mass is 436 g/mol. The maximum Gasteiger partial charge on any atom is 0.231 e. The van der Waals surface area contributed by atoms with Gasteiger partial charge in [-0.3, -0.25) is 4.79 Å². The van der Waals surface area contributed by atoms with Crippen molar-refractivity contribution >= 4 is 33.6 Å². The van der Waals surface area contributed by atoms with Crippen molar-refractivity contribution in [1.82, 2.24) is 19.9 Å². The van der Waals surface area contributed by atoms with E-state index in [1.54, 1.807) is 0 Å². The first-order valence-corrected chi connectivity index (χ1v) is 10.4. The quantitative estimate of drug-likeness (QED) is 0.443. The van der Waals surface area contributed by atoms with Gasteiger partial charge < -0.3 is 9.84 Å². The number of nitrogens with one attached hydrogen (secondary N) is 1. The van der Waals surface area contributed by atoms with Crippen LogP contribution in [0.15, 0.2) is 53.2 Å². The minimum Gasteiger partial charge on any atom is -0.356 e. The van der Waals surface area contributed by atoms with Crippen LogP contribution in [-0.2, 0) is 11.2 Å². The van der Waals surface area contributed by atoms with Crippen molar-refractivity contribution in [3.63, 3.8) is 0 Å². The summed E-state index contributed by atoms with van der Waals surface area (Å²) in [5.41, 5.74) is 5.35. The first-order valence-electron chi connectivity index (χ1n) is 10.4. The molecule has 0 radical (unpaired) electrons. The second-order valence-corrected chi connectivity index (χ2v) is 8.05. The van der Waals surface area contributed by atoms with Gasteiger partial charge in [-0.1, -0.05) is 35.0 Å². The Morgan fingerprint density at radius 3 is 2.79 bits per heavy atom. The van der Waals surface area contributed by atoms with Gasteiger partial charge in [0.25, 0.3) is 0 Å². The Bertz CT molecular complexity index is 1590. The molecule has 0 unspecified atom stereocenters. The van der Waals surface area contributed by atoms with Crippen molar-refractivity contribution in [2.45, 2.75) is 27.2 Å². The number of aromatic nitrogens is 4. The van der Waals surface area contributed by atoms with E-state index < -0.39 is 0 Å². The van der Waals surface area contributed by atoms with Gasteiger partial charge in [0.15, 0.2) is 17.2 Å². The van der Waals surface area contributed by atoms with Crippen LogP contribution in [0.25, 0.3) is 27.7 Å². The van der Waals surface area contributed by atoms with E-state index in [0.717, 1.165) is 33.0 Å². The molecule has 3 heterocycles. The predicted octanol–water partition coefficient (Wildman–Crippen LogP) is 4.54. The first-order chi connectivity index (χ1) is 15.9. The molecule has 0 bridgehead atoms. The fraction of sp³-hybridized carbons (Fsp3) is 0.160. The Kier molecular flexibility index (Phi) is 4.87. The van der Waals surface area contributed by atoms with Gasteiger partial charge >= 0.3 is 0 Å². The van der Waals surface area contributed by atoms with Crippen molar-refractivity contribution < 1.29 is 9.32 Å². The smallest absolute Gasteiger partial charge is 0.231 e. The molecule has 8 nitrogen and oxygen atoms in total. The number of rotatable bonds is 4. The molecule has 0 aliphatic rings. The number of benzene rings is 2. The van der Waals surface area contributed by atoms with Crippen molar-refractivity contribution in [3.05, 3.63) is 76.6 Å². The van der Waals surface area contributed by atoms with Crippen LogP contribution in [0.5, 0.6) is 0 Å². The fourth-order valence-electron chi connectivity index (χ4n) is 3.93. The van der Waals surface area contributed by atoms with Crippen LogP contribution in [-0.4, -0.2) is 25.8 Å². The summed E-state index contributed by atoms with van der Waals surface area (Å²) in [6.07, 6.45) is 1.42. The van der Waals surface area contributed by atoms with E-state index in [-0.39, 0.29) is 23.7 Å². The maximum atomic E-state index is 12.9. The van der Waals surface area contributed by atoms with E-state index in [2.05, 4.69) is 21.6 Å². The van der Waals surface area contributed by atoms with Crippen LogP contribution in [0.4, 0.5) is 5.82 Å². The van der Waals surface area contributed by atoms with Crippen molar-refractivity contribution in [2.75, 3.05) is 5.32 Å².